The lowest BCUT2D eigenvalue weighted by Crippen LogP contribution is -2.40. The van der Waals surface area contributed by atoms with Gasteiger partial charge in [-0.1, -0.05) is 38.1 Å². The summed E-state index contributed by atoms with van der Waals surface area (Å²) >= 11 is 0. The molecule has 1 aliphatic heterocycles. The maximum absolute atomic E-state index is 12.6. The second-order valence-corrected chi connectivity index (χ2v) is 8.30. The van der Waals surface area contributed by atoms with E-state index in [-0.39, 0.29) is 37.2 Å². The molecule has 1 saturated heterocycles. The molecule has 0 spiro atoms. The minimum Gasteiger partial charge on any atom is -0.346 e. The Labute approximate surface area is 191 Å². The summed E-state index contributed by atoms with van der Waals surface area (Å²) in [5.74, 6) is 0.0208. The molecular formula is C25H34N4O3. The molecule has 2 N–H and O–H groups in total. The van der Waals surface area contributed by atoms with Crippen molar-refractivity contribution in [3.8, 4) is 11.1 Å². The summed E-state index contributed by atoms with van der Waals surface area (Å²) in [6.45, 7) is 5.34. The SMILES string of the molecule is CCC(=O)c1ncc(-c2cccc(CC)c2)cc1NC(=O)CNC[C@@H]1CCN(C)C(=O)C1.[HH]. The van der Waals surface area contributed by atoms with Crippen LogP contribution in [0, 0.1) is 5.92 Å². The first kappa shape index (κ1) is 23.6. The molecule has 1 atom stereocenters. The van der Waals surface area contributed by atoms with Gasteiger partial charge in [0.15, 0.2) is 5.78 Å². The van der Waals surface area contributed by atoms with Gasteiger partial charge in [-0.05, 0) is 42.5 Å². The van der Waals surface area contributed by atoms with Crippen molar-refractivity contribution in [2.24, 2.45) is 5.92 Å². The summed E-state index contributed by atoms with van der Waals surface area (Å²) in [5, 5.41) is 6.00. The summed E-state index contributed by atoms with van der Waals surface area (Å²) in [6, 6.07) is 9.97. The van der Waals surface area contributed by atoms with Gasteiger partial charge in [-0.25, -0.2) is 0 Å². The molecule has 2 amide bonds. The summed E-state index contributed by atoms with van der Waals surface area (Å²) in [6.07, 6.45) is 4.34. The van der Waals surface area contributed by atoms with E-state index < -0.39 is 0 Å². The molecule has 1 aliphatic rings. The van der Waals surface area contributed by atoms with Gasteiger partial charge in [-0.3, -0.25) is 19.4 Å². The Hall–Kier alpha value is -3.06. The molecule has 2 aromatic rings. The summed E-state index contributed by atoms with van der Waals surface area (Å²) in [4.78, 5) is 42.9. The number of Topliss-reactive ketones (excluding diaryl/α,β-unsaturated/α-hetero) is 1. The van der Waals surface area contributed by atoms with Crippen LogP contribution in [0.5, 0.6) is 0 Å². The predicted octanol–water partition coefficient (Wildman–Crippen LogP) is 3.55. The van der Waals surface area contributed by atoms with Crippen LogP contribution in [0.3, 0.4) is 0 Å². The highest BCUT2D eigenvalue weighted by atomic mass is 16.2. The Morgan fingerprint density at radius 3 is 2.75 bits per heavy atom. The molecule has 0 bridgehead atoms. The van der Waals surface area contributed by atoms with Crippen LogP contribution in [0.25, 0.3) is 11.1 Å². The number of carbonyl (C=O) groups excluding carboxylic acids is 3. The number of carbonyl (C=O) groups is 3. The smallest absolute Gasteiger partial charge is 0.238 e. The predicted molar refractivity (Wildman–Crippen MR) is 128 cm³/mol. The van der Waals surface area contributed by atoms with Crippen molar-refractivity contribution in [2.75, 3.05) is 32.0 Å². The minimum atomic E-state index is -0.240. The maximum Gasteiger partial charge on any atom is 0.238 e. The number of nitrogens with one attached hydrogen (secondary N) is 2. The number of aryl methyl sites for hydroxylation is 1. The fourth-order valence-electron chi connectivity index (χ4n) is 3.84. The van der Waals surface area contributed by atoms with Crippen LogP contribution in [-0.4, -0.2) is 54.2 Å². The lowest BCUT2D eigenvalue weighted by molar-refractivity contribution is -0.133. The van der Waals surface area contributed by atoms with Gasteiger partial charge < -0.3 is 15.5 Å². The van der Waals surface area contributed by atoms with Gasteiger partial charge in [0.25, 0.3) is 0 Å². The Morgan fingerprint density at radius 1 is 1.22 bits per heavy atom. The Bertz CT molecular complexity index is 995. The van der Waals surface area contributed by atoms with Gasteiger partial charge in [0, 0.05) is 39.6 Å². The highest BCUT2D eigenvalue weighted by molar-refractivity contribution is 6.04. The van der Waals surface area contributed by atoms with Crippen LogP contribution >= 0.6 is 0 Å². The number of anilines is 1. The number of rotatable bonds is 9. The zero-order valence-electron chi connectivity index (χ0n) is 19.1. The molecule has 0 unspecified atom stereocenters. The van der Waals surface area contributed by atoms with Crippen molar-refractivity contribution in [1.82, 2.24) is 15.2 Å². The third-order valence-electron chi connectivity index (χ3n) is 5.90. The van der Waals surface area contributed by atoms with Crippen LogP contribution in [-0.2, 0) is 16.0 Å². The van der Waals surface area contributed by atoms with E-state index in [1.54, 1.807) is 18.0 Å². The average Bonchev–Trinajstić information content (AvgIpc) is 2.81. The number of ketones is 1. The van der Waals surface area contributed by atoms with Crippen LogP contribution in [0.1, 0.15) is 50.6 Å². The van der Waals surface area contributed by atoms with E-state index in [9.17, 15) is 14.4 Å². The van der Waals surface area contributed by atoms with Crippen molar-refractivity contribution < 1.29 is 15.8 Å². The molecule has 1 fully saturated rings. The van der Waals surface area contributed by atoms with E-state index in [0.29, 0.717) is 25.1 Å². The molecule has 0 aliphatic carbocycles. The van der Waals surface area contributed by atoms with Crippen molar-refractivity contribution in [3.63, 3.8) is 0 Å². The number of nitrogens with zero attached hydrogens (tertiary/aromatic N) is 2. The van der Waals surface area contributed by atoms with Crippen molar-refractivity contribution in [3.05, 3.63) is 47.8 Å². The van der Waals surface area contributed by atoms with E-state index in [2.05, 4.69) is 34.7 Å². The summed E-state index contributed by atoms with van der Waals surface area (Å²) in [5.41, 5.74) is 3.75. The van der Waals surface area contributed by atoms with E-state index >= 15 is 0 Å². The molecule has 1 aromatic heterocycles. The van der Waals surface area contributed by atoms with E-state index in [1.807, 2.05) is 25.2 Å². The third-order valence-corrected chi connectivity index (χ3v) is 5.90. The topological polar surface area (TPSA) is 91.4 Å². The van der Waals surface area contributed by atoms with Crippen molar-refractivity contribution in [2.45, 2.75) is 39.5 Å². The third kappa shape index (κ3) is 6.01. The van der Waals surface area contributed by atoms with Crippen LogP contribution in [0.15, 0.2) is 36.5 Å². The fourth-order valence-corrected chi connectivity index (χ4v) is 3.84. The first-order chi connectivity index (χ1) is 15.4. The van der Waals surface area contributed by atoms with E-state index in [1.165, 1.54) is 5.56 Å². The normalized spacial score (nSPS) is 16.2. The van der Waals surface area contributed by atoms with E-state index in [0.717, 1.165) is 30.5 Å². The standard InChI is InChI=1S/C25H32N4O3.H2/c1-4-17-7-6-8-19(11-17)20-13-21(25(27-15-20)22(30)5-2)28-23(31)16-26-14-18-9-10-29(3)24(32)12-18;/h6-8,11,13,15,18,26H,4-5,9-10,12,14,16H2,1-3H3,(H,28,31);1H/t18-;/m1./s1. The van der Waals surface area contributed by atoms with Crippen LogP contribution < -0.4 is 10.6 Å². The number of likely N-dealkylation sites (tertiary alicyclic amines) is 1. The molecule has 172 valence electrons. The first-order valence-corrected chi connectivity index (χ1v) is 11.3. The Balaban J connectivity index is 0.00000385. The summed E-state index contributed by atoms with van der Waals surface area (Å²) in [7, 11) is 1.81. The monoisotopic (exact) mass is 438 g/mol. The quantitative estimate of drug-likeness (QED) is 0.584. The highest BCUT2D eigenvalue weighted by Crippen LogP contribution is 2.26. The lowest BCUT2D eigenvalue weighted by Gasteiger charge is -2.28. The second kappa shape index (κ2) is 11.0. The molecule has 0 saturated carbocycles. The second-order valence-electron chi connectivity index (χ2n) is 8.30. The molecular weight excluding hydrogens is 404 g/mol. The molecule has 3 rings (SSSR count). The molecule has 7 nitrogen and oxygen atoms in total. The van der Waals surface area contributed by atoms with Gasteiger partial charge in [-0.2, -0.15) is 0 Å². The number of pyridine rings is 1. The van der Waals surface area contributed by atoms with Gasteiger partial charge in [0.2, 0.25) is 11.8 Å². The van der Waals surface area contributed by atoms with Crippen LogP contribution in [0.4, 0.5) is 5.69 Å². The maximum atomic E-state index is 12.6. The zero-order chi connectivity index (χ0) is 23.1. The number of amides is 2. The van der Waals surface area contributed by atoms with Crippen LogP contribution in [0.2, 0.25) is 0 Å². The molecule has 1 aromatic carbocycles. The number of hydrogen-bond acceptors (Lipinski definition) is 5. The lowest BCUT2D eigenvalue weighted by atomic mass is 9.96. The Morgan fingerprint density at radius 2 is 2.03 bits per heavy atom. The molecule has 7 heteroatoms. The Kier molecular flexibility index (Phi) is 8.11. The molecule has 2 heterocycles. The van der Waals surface area contributed by atoms with Gasteiger partial charge in [0.1, 0.15) is 5.69 Å². The van der Waals surface area contributed by atoms with Crippen molar-refractivity contribution in [1.29, 1.82) is 0 Å². The fraction of sp³-hybridized carbons (Fsp3) is 0.440. The van der Waals surface area contributed by atoms with E-state index in [4.69, 9.17) is 0 Å². The van der Waals surface area contributed by atoms with Gasteiger partial charge in [-0.15, -0.1) is 0 Å². The molecule has 0 radical (unpaired) electrons. The minimum absolute atomic E-state index is 0. The first-order valence-electron chi connectivity index (χ1n) is 11.3. The number of benzene rings is 1. The summed E-state index contributed by atoms with van der Waals surface area (Å²) < 4.78 is 0. The van der Waals surface area contributed by atoms with Crippen molar-refractivity contribution >= 4 is 23.3 Å². The molecule has 32 heavy (non-hydrogen) atoms. The number of piperidine rings is 1. The van der Waals surface area contributed by atoms with Gasteiger partial charge in [0.05, 0.1) is 12.2 Å². The van der Waals surface area contributed by atoms with Gasteiger partial charge >= 0.3 is 0 Å². The largest absolute Gasteiger partial charge is 0.346 e. The zero-order valence-corrected chi connectivity index (χ0v) is 19.1. The number of hydrogen-bond donors (Lipinski definition) is 2. The highest BCUT2D eigenvalue weighted by Gasteiger charge is 2.23. The number of aromatic nitrogens is 1. The average molecular weight is 439 g/mol.